The molecule has 0 spiro atoms. The third-order valence-corrected chi connectivity index (χ3v) is 11.9. The first kappa shape index (κ1) is 46.8. The molecule has 2 aromatic heterocycles. The number of hydrogen-bond donors (Lipinski definition) is 7. The maximum Gasteiger partial charge on any atom is 0.343 e. The van der Waals surface area contributed by atoms with E-state index in [1.54, 1.807) is 43.5 Å². The molecule has 0 aliphatic carbocycles. The van der Waals surface area contributed by atoms with Crippen LogP contribution >= 0.6 is 0 Å². The molecule has 18 heteroatoms. The molecule has 0 fully saturated rings. The average Bonchev–Trinajstić information content (AvgIpc) is 3.62. The van der Waals surface area contributed by atoms with Gasteiger partial charge in [-0.3, -0.25) is 29.0 Å². The zero-order valence-corrected chi connectivity index (χ0v) is 36.9. The molecule has 2 aliphatic heterocycles. The number of aromatic nitrogens is 2. The van der Waals surface area contributed by atoms with Crippen molar-refractivity contribution >= 4 is 52.2 Å². The first-order chi connectivity index (χ1) is 30.3. The van der Waals surface area contributed by atoms with Gasteiger partial charge in [-0.25, -0.2) is 9.78 Å². The van der Waals surface area contributed by atoms with Gasteiger partial charge in [0.05, 0.1) is 56.1 Å². The molecule has 9 N–H and O–H groups in total. The van der Waals surface area contributed by atoms with Gasteiger partial charge >= 0.3 is 11.9 Å². The minimum Gasteiger partial charge on any atom is -0.481 e. The van der Waals surface area contributed by atoms with Crippen molar-refractivity contribution in [3.05, 3.63) is 92.8 Å². The molecule has 0 radical (unpaired) electrons. The maximum absolute atomic E-state index is 13.9. The summed E-state index contributed by atoms with van der Waals surface area (Å²) >= 11 is 0. The summed E-state index contributed by atoms with van der Waals surface area (Å²) in [4.78, 5) is 86.1. The van der Waals surface area contributed by atoms with Gasteiger partial charge in [0.1, 0.15) is 25.2 Å². The Balaban J connectivity index is 1.15. The number of fused-ring (bicyclic) bond motifs is 5. The fraction of sp³-hybridized carbons (Fsp3) is 0.435. The Labute approximate surface area is 370 Å². The van der Waals surface area contributed by atoms with Crippen LogP contribution in [-0.4, -0.2) is 99.1 Å². The number of likely N-dealkylation sites (N-methyl/N-ethyl adjacent to an activating group) is 1. The summed E-state index contributed by atoms with van der Waals surface area (Å²) in [6.07, 6.45) is 0.598. The lowest BCUT2D eigenvalue weighted by Gasteiger charge is -2.31. The first-order valence-corrected chi connectivity index (χ1v) is 21.5. The van der Waals surface area contributed by atoms with E-state index in [4.69, 9.17) is 26.3 Å². The fourth-order valence-electron chi connectivity index (χ4n) is 8.34. The quantitative estimate of drug-likeness (QED) is 0.0207. The van der Waals surface area contributed by atoms with E-state index < -0.39 is 47.3 Å². The summed E-state index contributed by atoms with van der Waals surface area (Å²) in [5.41, 5.74) is 14.8. The largest absolute Gasteiger partial charge is 0.481 e. The number of esters is 1. The van der Waals surface area contributed by atoms with Crippen LogP contribution in [0.2, 0.25) is 0 Å². The summed E-state index contributed by atoms with van der Waals surface area (Å²) < 4.78 is 7.51. The standard InChI is InChI=1S/C46H57N9O9/c1-6-46(63)33-22-36-40-31(23-54(36)43(61)32(33)25-64-44(46)62)29(30-10-7-8-11-34(30)51-40)19-21-55(4,5)24-27-13-15-28(16-14-27)50-41(59)35(12-9-20-49-45(47)48)52-42(60)39(26(2)3)53-37(56)17-18-38(57)58/h7-8,10-11,13-16,22,26,35,39,63H,6,9,12,17-21,23-25H2,1-5H3,(H7-,47,48,49,50,52,53,56,57,58,59,60)/p+1/t35-,39-,46-/m0/s1. The highest BCUT2D eigenvalue weighted by molar-refractivity contribution is 5.98. The molecule has 3 amide bonds. The minimum atomic E-state index is -1.92. The molecule has 64 heavy (non-hydrogen) atoms. The summed E-state index contributed by atoms with van der Waals surface area (Å²) in [5.74, 6) is -4.02. The van der Waals surface area contributed by atoms with E-state index in [0.717, 1.165) is 34.1 Å². The van der Waals surface area contributed by atoms with Crippen molar-refractivity contribution in [3.8, 4) is 11.4 Å². The Kier molecular flexibility index (Phi) is 14.2. The lowest BCUT2D eigenvalue weighted by atomic mass is 9.86. The Bertz CT molecular complexity index is 2550. The van der Waals surface area contributed by atoms with Crippen LogP contribution in [-0.2, 0) is 60.4 Å². The number of hydrogen-bond acceptors (Lipinski definition) is 10. The topological polar surface area (TPSA) is 270 Å². The zero-order chi connectivity index (χ0) is 46.5. The van der Waals surface area contributed by atoms with E-state index >= 15 is 0 Å². The Hall–Kier alpha value is -6.66. The number of cyclic esters (lactones) is 1. The number of ether oxygens (including phenoxy) is 1. The van der Waals surface area contributed by atoms with Crippen LogP contribution in [0.5, 0.6) is 0 Å². The number of aliphatic carboxylic acids is 1. The number of quaternary nitrogens is 1. The molecule has 6 rings (SSSR count). The van der Waals surface area contributed by atoms with E-state index in [-0.39, 0.29) is 67.4 Å². The first-order valence-electron chi connectivity index (χ1n) is 21.5. The molecular formula is C46H58N9O9+. The number of guanidine groups is 1. The van der Waals surface area contributed by atoms with Gasteiger partial charge < -0.3 is 51.4 Å². The van der Waals surface area contributed by atoms with Gasteiger partial charge in [0.15, 0.2) is 11.6 Å². The number of rotatable bonds is 19. The molecule has 2 aromatic carbocycles. The molecule has 2 aliphatic rings. The van der Waals surface area contributed by atoms with Crippen molar-refractivity contribution in [1.82, 2.24) is 20.2 Å². The Morgan fingerprint density at radius 1 is 1.00 bits per heavy atom. The number of carboxylic acid groups (broad SMARTS) is 1. The van der Waals surface area contributed by atoms with Gasteiger partial charge in [-0.2, -0.15) is 0 Å². The summed E-state index contributed by atoms with van der Waals surface area (Å²) in [5, 5.41) is 29.5. The van der Waals surface area contributed by atoms with Gasteiger partial charge in [-0.15, -0.1) is 0 Å². The molecule has 18 nitrogen and oxygen atoms in total. The summed E-state index contributed by atoms with van der Waals surface area (Å²) in [7, 11) is 4.26. The van der Waals surface area contributed by atoms with Crippen LogP contribution < -0.4 is 33.0 Å². The van der Waals surface area contributed by atoms with Crippen LogP contribution in [0, 0.1) is 5.92 Å². The number of anilines is 1. The van der Waals surface area contributed by atoms with Crippen molar-refractivity contribution in [1.29, 1.82) is 0 Å². The number of aliphatic imine (C=N–C) groups is 1. The number of para-hydroxylation sites is 1. The third kappa shape index (κ3) is 10.4. The number of pyridine rings is 2. The molecule has 3 atom stereocenters. The molecule has 0 unspecified atom stereocenters. The number of nitrogens with two attached hydrogens (primary N) is 2. The monoisotopic (exact) mass is 880 g/mol. The number of carbonyl (C=O) groups is 5. The molecule has 0 bridgehead atoms. The molecule has 0 saturated heterocycles. The van der Waals surface area contributed by atoms with Crippen molar-refractivity contribution in [2.45, 2.75) is 96.7 Å². The van der Waals surface area contributed by atoms with Gasteiger partial charge in [0.25, 0.3) is 5.56 Å². The second-order valence-electron chi connectivity index (χ2n) is 17.5. The molecule has 4 aromatic rings. The summed E-state index contributed by atoms with van der Waals surface area (Å²) in [6.45, 7) is 6.83. The number of aliphatic hydroxyl groups is 1. The second kappa shape index (κ2) is 19.4. The lowest BCUT2D eigenvalue weighted by molar-refractivity contribution is -0.903. The van der Waals surface area contributed by atoms with Gasteiger partial charge in [0, 0.05) is 47.2 Å². The van der Waals surface area contributed by atoms with Crippen LogP contribution in [0.3, 0.4) is 0 Å². The van der Waals surface area contributed by atoms with E-state index in [1.165, 1.54) is 0 Å². The highest BCUT2D eigenvalue weighted by Crippen LogP contribution is 2.40. The highest BCUT2D eigenvalue weighted by Gasteiger charge is 2.45. The van der Waals surface area contributed by atoms with Crippen molar-refractivity contribution in [3.63, 3.8) is 0 Å². The van der Waals surface area contributed by atoms with Crippen molar-refractivity contribution in [2.75, 3.05) is 32.5 Å². The predicted octanol–water partition coefficient (Wildman–Crippen LogP) is 2.38. The SMILES string of the molecule is CC[C@@]1(O)C(=O)OCc2c1cc1n(c2=O)Cc2c-1nc1ccccc1c2CC[N+](C)(C)Cc1ccc(NC(=O)[C@H](CCCN=C(N)N)NC(=O)[C@@H](NC(=O)CCC(=O)O)C(C)C)cc1. The zero-order valence-electron chi connectivity index (χ0n) is 36.9. The fourth-order valence-corrected chi connectivity index (χ4v) is 8.34. The van der Waals surface area contributed by atoms with Crippen LogP contribution in [0.25, 0.3) is 22.3 Å². The van der Waals surface area contributed by atoms with E-state index in [2.05, 4.69) is 35.0 Å². The lowest BCUT2D eigenvalue weighted by Crippen LogP contribution is -2.54. The number of nitrogens with one attached hydrogen (secondary N) is 3. The highest BCUT2D eigenvalue weighted by atomic mass is 16.6. The molecule has 4 heterocycles. The Morgan fingerprint density at radius 3 is 2.39 bits per heavy atom. The van der Waals surface area contributed by atoms with Crippen LogP contribution in [0.1, 0.15) is 80.7 Å². The minimum absolute atomic E-state index is 0.0565. The third-order valence-electron chi connectivity index (χ3n) is 11.9. The van der Waals surface area contributed by atoms with E-state index in [0.29, 0.717) is 47.5 Å². The molecular weight excluding hydrogens is 823 g/mol. The number of benzene rings is 2. The van der Waals surface area contributed by atoms with Crippen LogP contribution in [0.15, 0.2) is 64.4 Å². The predicted molar refractivity (Wildman–Crippen MR) is 239 cm³/mol. The van der Waals surface area contributed by atoms with Crippen molar-refractivity contribution in [2.24, 2.45) is 22.4 Å². The average molecular weight is 881 g/mol. The number of carboxylic acids is 1. The van der Waals surface area contributed by atoms with Gasteiger partial charge in [-0.1, -0.05) is 51.1 Å². The van der Waals surface area contributed by atoms with Gasteiger partial charge in [-0.05, 0) is 55.0 Å². The smallest absolute Gasteiger partial charge is 0.343 e. The number of amides is 3. The van der Waals surface area contributed by atoms with Crippen molar-refractivity contribution < 1.29 is 43.4 Å². The molecule has 0 saturated carbocycles. The summed E-state index contributed by atoms with van der Waals surface area (Å²) in [6, 6.07) is 15.0. The normalized spacial score (nSPS) is 16.2. The maximum atomic E-state index is 13.9. The van der Waals surface area contributed by atoms with E-state index in [1.807, 2.05) is 36.4 Å². The Morgan fingerprint density at radius 2 is 1.72 bits per heavy atom. The number of carbonyl (C=O) groups excluding carboxylic acids is 4. The van der Waals surface area contributed by atoms with Crippen LogP contribution in [0.4, 0.5) is 5.69 Å². The number of nitrogens with zero attached hydrogens (tertiary/aromatic N) is 4. The van der Waals surface area contributed by atoms with E-state index in [9.17, 15) is 33.9 Å². The molecule has 340 valence electrons. The second-order valence-corrected chi connectivity index (χ2v) is 17.5. The van der Waals surface area contributed by atoms with Gasteiger partial charge in [0.2, 0.25) is 17.7 Å².